The van der Waals surface area contributed by atoms with E-state index in [-0.39, 0.29) is 0 Å². The zero-order chi connectivity index (χ0) is 18.6. The van der Waals surface area contributed by atoms with Crippen LogP contribution in [-0.4, -0.2) is 13.6 Å². The van der Waals surface area contributed by atoms with E-state index in [2.05, 4.69) is 27.7 Å². The van der Waals surface area contributed by atoms with Crippen LogP contribution in [0.2, 0.25) is 20.8 Å². The molecule has 0 aliphatic rings. The van der Waals surface area contributed by atoms with Gasteiger partial charge in [-0.05, 0) is 0 Å². The standard InChI is InChI=1S/C24H53As/c1-5-9-13-17-21-25(22-18-14-10-6-2,23-19-15-11-7-3)24-20-16-12-8-4/h25H,5-24H2,1-4H3. The first-order valence-corrected chi connectivity index (χ1v) is 18.2. The summed E-state index contributed by atoms with van der Waals surface area (Å²) in [6, 6.07) is 0. The molecule has 0 radical (unpaired) electrons. The van der Waals surface area contributed by atoms with E-state index in [0.29, 0.717) is 0 Å². The molecule has 0 saturated heterocycles. The van der Waals surface area contributed by atoms with Crippen LogP contribution in [0.5, 0.6) is 0 Å². The molecule has 1 heteroatoms. The number of hydrogen-bond acceptors (Lipinski definition) is 0. The van der Waals surface area contributed by atoms with Gasteiger partial charge >= 0.3 is 165 Å². The van der Waals surface area contributed by atoms with Crippen molar-refractivity contribution in [2.24, 2.45) is 0 Å². The third-order valence-electron chi connectivity index (χ3n) is 6.24. The zero-order valence-corrected chi connectivity index (χ0v) is 20.7. The van der Waals surface area contributed by atoms with Crippen molar-refractivity contribution in [3.05, 3.63) is 0 Å². The predicted molar refractivity (Wildman–Crippen MR) is 123 cm³/mol. The molecule has 0 amide bonds. The molecule has 0 saturated carbocycles. The summed E-state index contributed by atoms with van der Waals surface area (Å²) in [4.78, 5) is 0. The van der Waals surface area contributed by atoms with Crippen molar-refractivity contribution in [3.8, 4) is 0 Å². The molecule has 0 aromatic rings. The van der Waals surface area contributed by atoms with Crippen LogP contribution in [0.4, 0.5) is 0 Å². The summed E-state index contributed by atoms with van der Waals surface area (Å²) in [5, 5.41) is 6.85. The van der Waals surface area contributed by atoms with E-state index in [1.165, 1.54) is 77.0 Å². The maximum atomic E-state index is 2.36. The van der Waals surface area contributed by atoms with Gasteiger partial charge in [0.2, 0.25) is 0 Å². The molecule has 0 aliphatic carbocycles. The Bertz CT molecular complexity index is 195. The minimum absolute atomic E-state index is 1.39. The molecular weight excluding hydrogens is 363 g/mol. The van der Waals surface area contributed by atoms with Gasteiger partial charge in [0, 0.05) is 0 Å². The van der Waals surface area contributed by atoms with Gasteiger partial charge in [-0.3, -0.25) is 0 Å². The van der Waals surface area contributed by atoms with E-state index in [1.54, 1.807) is 46.5 Å². The van der Waals surface area contributed by atoms with Crippen molar-refractivity contribution in [1.82, 2.24) is 0 Å². The van der Waals surface area contributed by atoms with Crippen LogP contribution in [0, 0.1) is 0 Å². The van der Waals surface area contributed by atoms with Gasteiger partial charge in [0.05, 0.1) is 0 Å². The van der Waals surface area contributed by atoms with Crippen LogP contribution in [0.3, 0.4) is 0 Å². The van der Waals surface area contributed by atoms with Crippen molar-refractivity contribution in [2.45, 2.75) is 151 Å². The van der Waals surface area contributed by atoms with Gasteiger partial charge in [0.1, 0.15) is 0 Å². The van der Waals surface area contributed by atoms with E-state index < -0.39 is 13.6 Å². The molecule has 154 valence electrons. The molecule has 0 atom stereocenters. The zero-order valence-electron chi connectivity index (χ0n) is 18.6. The first-order valence-electron chi connectivity index (χ1n) is 12.2. The Morgan fingerprint density at radius 1 is 0.320 bits per heavy atom. The Morgan fingerprint density at radius 3 is 0.760 bits per heavy atom. The van der Waals surface area contributed by atoms with E-state index in [9.17, 15) is 0 Å². The van der Waals surface area contributed by atoms with E-state index in [1.807, 2.05) is 0 Å². The fraction of sp³-hybridized carbons (Fsp3) is 1.00. The molecule has 0 heterocycles. The van der Waals surface area contributed by atoms with Crippen molar-refractivity contribution >= 4 is 13.6 Å². The van der Waals surface area contributed by atoms with Crippen LogP contribution in [0.1, 0.15) is 130 Å². The third-order valence-corrected chi connectivity index (χ3v) is 18.1. The summed E-state index contributed by atoms with van der Waals surface area (Å²) in [5.41, 5.74) is 0. The number of rotatable bonds is 20. The summed E-state index contributed by atoms with van der Waals surface area (Å²) in [6.45, 7) is 9.42. The molecule has 0 aromatic carbocycles. The molecule has 0 spiro atoms. The molecule has 0 aromatic heterocycles. The third kappa shape index (κ3) is 15.3. The predicted octanol–water partition coefficient (Wildman–Crippen LogP) is 9.49. The summed E-state index contributed by atoms with van der Waals surface area (Å²) < 4.78 is 0. The summed E-state index contributed by atoms with van der Waals surface area (Å²) >= 11 is -1.59. The van der Waals surface area contributed by atoms with Gasteiger partial charge in [0.25, 0.3) is 0 Å². The summed E-state index contributed by atoms with van der Waals surface area (Å²) in [6.07, 6.45) is 23.8. The molecule has 0 aliphatic heterocycles. The normalized spacial score (nSPS) is 12.6. The molecule has 0 bridgehead atoms. The molecule has 25 heavy (non-hydrogen) atoms. The van der Waals surface area contributed by atoms with E-state index >= 15 is 0 Å². The summed E-state index contributed by atoms with van der Waals surface area (Å²) in [5.74, 6) is 0. The number of unbranched alkanes of at least 4 members (excludes halogenated alkanes) is 12. The van der Waals surface area contributed by atoms with Crippen LogP contribution in [-0.2, 0) is 0 Å². The first-order chi connectivity index (χ1) is 12.2. The monoisotopic (exact) mass is 416 g/mol. The van der Waals surface area contributed by atoms with Crippen LogP contribution >= 0.6 is 0 Å². The Morgan fingerprint density at radius 2 is 0.560 bits per heavy atom. The Kier molecular flexibility index (Phi) is 19.8. The molecule has 0 unspecified atom stereocenters. The van der Waals surface area contributed by atoms with Gasteiger partial charge in [0.15, 0.2) is 0 Å². The van der Waals surface area contributed by atoms with Crippen LogP contribution < -0.4 is 0 Å². The first kappa shape index (κ1) is 25.6. The Labute approximate surface area is 164 Å². The quantitative estimate of drug-likeness (QED) is 0.137. The molecule has 0 fully saturated rings. The van der Waals surface area contributed by atoms with Crippen LogP contribution in [0.15, 0.2) is 0 Å². The average molecular weight is 417 g/mol. The van der Waals surface area contributed by atoms with Gasteiger partial charge in [-0.1, -0.05) is 0 Å². The minimum atomic E-state index is -1.59. The Hall–Kier alpha value is 0.558. The number of hydrogen-bond donors (Lipinski definition) is 0. The molecule has 0 rings (SSSR count). The van der Waals surface area contributed by atoms with Crippen molar-refractivity contribution in [3.63, 3.8) is 0 Å². The van der Waals surface area contributed by atoms with Crippen molar-refractivity contribution in [1.29, 1.82) is 0 Å². The fourth-order valence-corrected chi connectivity index (χ4v) is 16.0. The van der Waals surface area contributed by atoms with E-state index in [4.69, 9.17) is 0 Å². The summed E-state index contributed by atoms with van der Waals surface area (Å²) in [7, 11) is 0. The van der Waals surface area contributed by atoms with Gasteiger partial charge in [-0.15, -0.1) is 0 Å². The van der Waals surface area contributed by atoms with Gasteiger partial charge in [-0.25, -0.2) is 0 Å². The fourth-order valence-electron chi connectivity index (χ4n) is 4.46. The van der Waals surface area contributed by atoms with Crippen molar-refractivity contribution in [2.75, 3.05) is 0 Å². The van der Waals surface area contributed by atoms with Crippen molar-refractivity contribution < 1.29 is 0 Å². The molecule has 0 nitrogen and oxygen atoms in total. The second kappa shape index (κ2) is 19.3. The molecular formula is C24H53As. The van der Waals surface area contributed by atoms with Gasteiger partial charge < -0.3 is 0 Å². The topological polar surface area (TPSA) is 0 Å². The van der Waals surface area contributed by atoms with Crippen LogP contribution in [0.25, 0.3) is 0 Å². The second-order valence-electron chi connectivity index (χ2n) is 8.74. The molecule has 0 N–H and O–H groups in total. The Balaban J connectivity index is 4.62. The second-order valence-corrected chi connectivity index (χ2v) is 19.2. The maximum absolute atomic E-state index is 2.36. The van der Waals surface area contributed by atoms with E-state index in [0.717, 1.165) is 0 Å². The van der Waals surface area contributed by atoms with Gasteiger partial charge in [-0.2, -0.15) is 0 Å². The average Bonchev–Trinajstić information content (AvgIpc) is 2.63. The SMILES string of the molecule is CCCCCC[AsH](CCCCCC)(CCCCCC)CCCCCC.